The number of ketones is 1. The van der Waals surface area contributed by atoms with Crippen molar-refractivity contribution < 1.29 is 19.0 Å². The number of rotatable bonds is 4. The SMILES string of the molecule is O=C(COc1ccc2cc(Br)ccc2c1)c1ccc2c(c1)OCO2. The standard InChI is InChI=1S/C19H13BrO4/c20-15-4-1-13-8-16(5-2-12(13)7-15)22-10-17(21)14-3-6-18-19(9-14)24-11-23-18/h1-9H,10-11H2. The maximum Gasteiger partial charge on any atom is 0.231 e. The molecule has 4 rings (SSSR count). The molecule has 0 aliphatic carbocycles. The molecule has 120 valence electrons. The van der Waals surface area contributed by atoms with Gasteiger partial charge in [0.15, 0.2) is 23.9 Å². The number of hydrogen-bond donors (Lipinski definition) is 0. The van der Waals surface area contributed by atoms with Gasteiger partial charge in [-0.1, -0.05) is 28.1 Å². The molecule has 0 saturated heterocycles. The molecule has 0 amide bonds. The van der Waals surface area contributed by atoms with E-state index < -0.39 is 0 Å². The first-order valence-corrected chi connectivity index (χ1v) is 8.23. The van der Waals surface area contributed by atoms with Gasteiger partial charge in [-0.25, -0.2) is 0 Å². The topological polar surface area (TPSA) is 44.8 Å². The Hall–Kier alpha value is -2.53. The normalized spacial score (nSPS) is 12.4. The van der Waals surface area contributed by atoms with Gasteiger partial charge in [0, 0.05) is 10.0 Å². The van der Waals surface area contributed by atoms with Crippen molar-refractivity contribution in [3.8, 4) is 17.2 Å². The van der Waals surface area contributed by atoms with Crippen LogP contribution in [-0.4, -0.2) is 19.2 Å². The summed E-state index contributed by atoms with van der Waals surface area (Å²) < 4.78 is 17.2. The molecule has 24 heavy (non-hydrogen) atoms. The van der Waals surface area contributed by atoms with Crippen molar-refractivity contribution in [2.75, 3.05) is 13.4 Å². The summed E-state index contributed by atoms with van der Waals surface area (Å²) in [6.45, 7) is 0.165. The molecule has 0 radical (unpaired) electrons. The molecule has 0 atom stereocenters. The second-order valence-electron chi connectivity index (χ2n) is 5.43. The third kappa shape index (κ3) is 2.95. The molecular weight excluding hydrogens is 372 g/mol. The van der Waals surface area contributed by atoms with Crippen molar-refractivity contribution in [2.24, 2.45) is 0 Å². The number of carbonyl (C=O) groups is 1. The monoisotopic (exact) mass is 384 g/mol. The maximum atomic E-state index is 12.3. The van der Waals surface area contributed by atoms with Gasteiger partial charge >= 0.3 is 0 Å². The zero-order valence-electron chi connectivity index (χ0n) is 12.6. The van der Waals surface area contributed by atoms with Gasteiger partial charge in [0.05, 0.1) is 0 Å². The van der Waals surface area contributed by atoms with Crippen molar-refractivity contribution in [1.82, 2.24) is 0 Å². The molecular formula is C19H13BrO4. The van der Waals surface area contributed by atoms with Crippen LogP contribution < -0.4 is 14.2 Å². The van der Waals surface area contributed by atoms with Gasteiger partial charge in [-0.15, -0.1) is 0 Å². The van der Waals surface area contributed by atoms with Crippen molar-refractivity contribution >= 4 is 32.5 Å². The molecule has 4 nitrogen and oxygen atoms in total. The van der Waals surface area contributed by atoms with Crippen LogP contribution in [0.5, 0.6) is 17.2 Å². The smallest absolute Gasteiger partial charge is 0.231 e. The van der Waals surface area contributed by atoms with Crippen LogP contribution in [0.4, 0.5) is 0 Å². The van der Waals surface area contributed by atoms with Gasteiger partial charge in [-0.3, -0.25) is 4.79 Å². The molecule has 0 N–H and O–H groups in total. The summed E-state index contributed by atoms with van der Waals surface area (Å²) in [6.07, 6.45) is 0. The molecule has 0 spiro atoms. The van der Waals surface area contributed by atoms with E-state index in [4.69, 9.17) is 14.2 Å². The molecule has 1 heterocycles. The van der Waals surface area contributed by atoms with E-state index in [1.54, 1.807) is 18.2 Å². The first-order chi connectivity index (χ1) is 11.7. The number of ether oxygens (including phenoxy) is 3. The number of fused-ring (bicyclic) bond motifs is 2. The van der Waals surface area contributed by atoms with Crippen LogP contribution in [0.2, 0.25) is 0 Å². The Kier molecular flexibility index (Phi) is 3.86. The third-order valence-corrected chi connectivity index (χ3v) is 4.33. The Morgan fingerprint density at radius 3 is 2.67 bits per heavy atom. The lowest BCUT2D eigenvalue weighted by atomic mass is 10.1. The van der Waals surface area contributed by atoms with Gasteiger partial charge < -0.3 is 14.2 Å². The van der Waals surface area contributed by atoms with Crippen LogP contribution in [0.15, 0.2) is 59.1 Å². The van der Waals surface area contributed by atoms with Crippen LogP contribution in [0.25, 0.3) is 10.8 Å². The highest BCUT2D eigenvalue weighted by Crippen LogP contribution is 2.32. The molecule has 3 aromatic rings. The van der Waals surface area contributed by atoms with Crippen molar-refractivity contribution in [3.63, 3.8) is 0 Å². The minimum absolute atomic E-state index is 0.0261. The second-order valence-corrected chi connectivity index (χ2v) is 6.35. The summed E-state index contributed by atoms with van der Waals surface area (Å²) in [6, 6.07) is 16.9. The molecule has 0 aromatic heterocycles. The molecule has 0 fully saturated rings. The number of carbonyl (C=O) groups excluding carboxylic acids is 1. The minimum Gasteiger partial charge on any atom is -0.485 e. The zero-order valence-corrected chi connectivity index (χ0v) is 14.2. The fourth-order valence-electron chi connectivity index (χ4n) is 2.59. The van der Waals surface area contributed by atoms with E-state index in [-0.39, 0.29) is 19.2 Å². The second kappa shape index (κ2) is 6.17. The number of Topliss-reactive ketones (excluding diaryl/α,β-unsaturated/α-hetero) is 1. The van der Waals surface area contributed by atoms with Crippen LogP contribution in [0.1, 0.15) is 10.4 Å². The van der Waals surface area contributed by atoms with Gasteiger partial charge in [-0.05, 0) is 53.2 Å². The summed E-state index contributed by atoms with van der Waals surface area (Å²) >= 11 is 3.45. The predicted octanol–water partition coefficient (Wildman–Crippen LogP) is 4.59. The summed E-state index contributed by atoms with van der Waals surface area (Å²) in [5.74, 6) is 1.81. The van der Waals surface area contributed by atoms with Crippen LogP contribution in [-0.2, 0) is 0 Å². The Bertz CT molecular complexity index is 936. The van der Waals surface area contributed by atoms with Gasteiger partial charge in [0.2, 0.25) is 6.79 Å². The first kappa shape index (κ1) is 15.0. The van der Waals surface area contributed by atoms with Crippen molar-refractivity contribution in [1.29, 1.82) is 0 Å². The van der Waals surface area contributed by atoms with Crippen molar-refractivity contribution in [2.45, 2.75) is 0 Å². The van der Waals surface area contributed by atoms with Crippen LogP contribution in [0, 0.1) is 0 Å². The lowest BCUT2D eigenvalue weighted by Gasteiger charge is -2.07. The van der Waals surface area contributed by atoms with E-state index >= 15 is 0 Å². The molecule has 0 saturated carbocycles. The molecule has 1 aliphatic rings. The lowest BCUT2D eigenvalue weighted by molar-refractivity contribution is 0.0921. The van der Waals surface area contributed by atoms with E-state index in [1.807, 2.05) is 36.4 Å². The van der Waals surface area contributed by atoms with E-state index in [1.165, 1.54) is 0 Å². The third-order valence-electron chi connectivity index (χ3n) is 3.84. The molecule has 3 aromatic carbocycles. The first-order valence-electron chi connectivity index (χ1n) is 7.44. The number of hydrogen-bond acceptors (Lipinski definition) is 4. The predicted molar refractivity (Wildman–Crippen MR) is 94.0 cm³/mol. The van der Waals surface area contributed by atoms with Gasteiger partial charge in [0.25, 0.3) is 0 Å². The highest BCUT2D eigenvalue weighted by atomic mass is 79.9. The molecule has 5 heteroatoms. The highest BCUT2D eigenvalue weighted by molar-refractivity contribution is 9.10. The fraction of sp³-hybridized carbons (Fsp3) is 0.105. The van der Waals surface area contributed by atoms with E-state index in [0.29, 0.717) is 22.8 Å². The quantitative estimate of drug-likeness (QED) is 0.617. The fourth-order valence-corrected chi connectivity index (χ4v) is 2.97. The Balaban J connectivity index is 1.48. The molecule has 1 aliphatic heterocycles. The Labute approximate surface area is 147 Å². The van der Waals surface area contributed by atoms with Gasteiger partial charge in [0.1, 0.15) is 5.75 Å². The average molecular weight is 385 g/mol. The average Bonchev–Trinajstić information content (AvgIpc) is 3.07. The highest BCUT2D eigenvalue weighted by Gasteiger charge is 2.16. The largest absolute Gasteiger partial charge is 0.485 e. The van der Waals surface area contributed by atoms with Crippen LogP contribution in [0.3, 0.4) is 0 Å². The number of halogens is 1. The Morgan fingerprint density at radius 1 is 0.958 bits per heavy atom. The Morgan fingerprint density at radius 2 is 1.75 bits per heavy atom. The minimum atomic E-state index is -0.107. The van der Waals surface area contributed by atoms with E-state index in [0.717, 1.165) is 15.2 Å². The summed E-state index contributed by atoms with van der Waals surface area (Å²) in [5.41, 5.74) is 0.545. The lowest BCUT2D eigenvalue weighted by Crippen LogP contribution is -2.11. The van der Waals surface area contributed by atoms with Gasteiger partial charge in [-0.2, -0.15) is 0 Å². The van der Waals surface area contributed by atoms with E-state index in [9.17, 15) is 4.79 Å². The molecule has 0 bridgehead atoms. The summed E-state index contributed by atoms with van der Waals surface area (Å²) in [4.78, 5) is 12.3. The van der Waals surface area contributed by atoms with E-state index in [2.05, 4.69) is 15.9 Å². The summed E-state index contributed by atoms with van der Waals surface area (Å²) in [5, 5.41) is 2.17. The van der Waals surface area contributed by atoms with Crippen LogP contribution >= 0.6 is 15.9 Å². The maximum absolute atomic E-state index is 12.3. The van der Waals surface area contributed by atoms with Crippen molar-refractivity contribution in [3.05, 3.63) is 64.6 Å². The summed E-state index contributed by atoms with van der Waals surface area (Å²) in [7, 11) is 0. The number of benzene rings is 3. The molecule has 0 unspecified atom stereocenters. The zero-order chi connectivity index (χ0) is 16.5.